The first kappa shape index (κ1) is 17.2. The largest absolute Gasteiger partial charge is 0.449 e. The van der Waals surface area contributed by atoms with Crippen molar-refractivity contribution >= 4 is 11.9 Å². The van der Waals surface area contributed by atoms with Crippen LogP contribution in [0.5, 0.6) is 0 Å². The summed E-state index contributed by atoms with van der Waals surface area (Å²) in [5, 5.41) is 0. The van der Waals surface area contributed by atoms with Gasteiger partial charge >= 0.3 is 11.6 Å². The van der Waals surface area contributed by atoms with E-state index in [4.69, 9.17) is 9.15 Å². The van der Waals surface area contributed by atoms with Crippen molar-refractivity contribution in [2.24, 2.45) is 5.92 Å². The Labute approximate surface area is 135 Å². The average molecular weight is 321 g/mol. The van der Waals surface area contributed by atoms with E-state index in [1.807, 2.05) is 0 Å². The van der Waals surface area contributed by atoms with Crippen molar-refractivity contribution in [2.45, 2.75) is 46.6 Å². The highest BCUT2D eigenvalue weighted by molar-refractivity contribution is 5.94. The van der Waals surface area contributed by atoms with Crippen LogP contribution in [0, 0.1) is 19.8 Å². The SMILES string of the molecule is Cc1cc(=O)oc(C)c1C(=O)OC(C)C(=O)N1CCC(C)CC1. The minimum atomic E-state index is -0.860. The lowest BCUT2D eigenvalue weighted by Crippen LogP contribution is -2.44. The monoisotopic (exact) mass is 321 g/mol. The molecule has 1 unspecified atom stereocenters. The highest BCUT2D eigenvalue weighted by Gasteiger charge is 2.28. The van der Waals surface area contributed by atoms with Crippen LogP contribution in [-0.2, 0) is 9.53 Å². The fourth-order valence-electron chi connectivity index (χ4n) is 2.82. The second-order valence-electron chi connectivity index (χ2n) is 6.23. The summed E-state index contributed by atoms with van der Waals surface area (Å²) < 4.78 is 10.2. The summed E-state index contributed by atoms with van der Waals surface area (Å²) >= 11 is 0. The van der Waals surface area contributed by atoms with E-state index >= 15 is 0 Å². The van der Waals surface area contributed by atoms with Crippen LogP contribution in [0.1, 0.15) is 48.4 Å². The van der Waals surface area contributed by atoms with Gasteiger partial charge in [-0.1, -0.05) is 6.92 Å². The minimum Gasteiger partial charge on any atom is -0.449 e. The number of carbonyl (C=O) groups excluding carboxylic acids is 2. The summed E-state index contributed by atoms with van der Waals surface area (Å²) in [6, 6.07) is 1.24. The molecule has 1 aromatic rings. The molecule has 1 aromatic heterocycles. The van der Waals surface area contributed by atoms with E-state index in [1.165, 1.54) is 13.0 Å². The maximum atomic E-state index is 12.4. The third-order valence-corrected chi connectivity index (χ3v) is 4.27. The predicted octanol–water partition coefficient (Wildman–Crippen LogP) is 2.06. The van der Waals surface area contributed by atoms with Gasteiger partial charge in [-0.25, -0.2) is 9.59 Å². The lowest BCUT2D eigenvalue weighted by Gasteiger charge is -2.31. The predicted molar refractivity (Wildman–Crippen MR) is 84.3 cm³/mol. The maximum Gasteiger partial charge on any atom is 0.342 e. The van der Waals surface area contributed by atoms with Crippen molar-refractivity contribution < 1.29 is 18.7 Å². The van der Waals surface area contributed by atoms with Gasteiger partial charge in [0.2, 0.25) is 0 Å². The minimum absolute atomic E-state index is 0.182. The van der Waals surface area contributed by atoms with E-state index in [0.717, 1.165) is 12.8 Å². The van der Waals surface area contributed by atoms with E-state index in [9.17, 15) is 14.4 Å². The van der Waals surface area contributed by atoms with Gasteiger partial charge in [0.1, 0.15) is 11.3 Å². The Hall–Kier alpha value is -2.11. The van der Waals surface area contributed by atoms with Crippen molar-refractivity contribution in [3.8, 4) is 0 Å². The summed E-state index contributed by atoms with van der Waals surface area (Å²) in [6.07, 6.45) is 1.07. The van der Waals surface area contributed by atoms with Gasteiger partial charge in [0, 0.05) is 19.2 Å². The third-order valence-electron chi connectivity index (χ3n) is 4.27. The highest BCUT2D eigenvalue weighted by atomic mass is 16.5. The van der Waals surface area contributed by atoms with Crippen LogP contribution in [0.3, 0.4) is 0 Å². The number of hydrogen-bond donors (Lipinski definition) is 0. The molecule has 0 N–H and O–H groups in total. The molecular weight excluding hydrogens is 298 g/mol. The molecule has 1 amide bonds. The molecular formula is C17H23NO5. The molecule has 2 heterocycles. The molecule has 0 saturated carbocycles. The molecule has 6 nitrogen and oxygen atoms in total. The van der Waals surface area contributed by atoms with Crippen molar-refractivity contribution in [3.63, 3.8) is 0 Å². The Bertz CT molecular complexity index is 629. The number of ether oxygens (including phenoxy) is 1. The first-order valence-corrected chi connectivity index (χ1v) is 7.90. The normalized spacial score (nSPS) is 17.0. The van der Waals surface area contributed by atoms with E-state index in [1.54, 1.807) is 18.7 Å². The molecule has 0 radical (unpaired) electrons. The quantitative estimate of drug-likeness (QED) is 0.796. The van der Waals surface area contributed by atoms with Crippen molar-refractivity contribution in [2.75, 3.05) is 13.1 Å². The molecule has 0 aliphatic carbocycles. The number of rotatable bonds is 3. The molecule has 23 heavy (non-hydrogen) atoms. The molecule has 1 saturated heterocycles. The van der Waals surface area contributed by atoms with Gasteiger partial charge in [-0.2, -0.15) is 0 Å². The molecule has 0 bridgehead atoms. The highest BCUT2D eigenvalue weighted by Crippen LogP contribution is 2.18. The fourth-order valence-corrected chi connectivity index (χ4v) is 2.82. The number of nitrogens with zero attached hydrogens (tertiary/aromatic N) is 1. The average Bonchev–Trinajstić information content (AvgIpc) is 2.46. The number of piperidine rings is 1. The lowest BCUT2D eigenvalue weighted by molar-refractivity contribution is -0.141. The van der Waals surface area contributed by atoms with Crippen molar-refractivity contribution in [1.29, 1.82) is 0 Å². The number of amides is 1. The number of aryl methyl sites for hydroxylation is 2. The van der Waals surface area contributed by atoms with Crippen LogP contribution < -0.4 is 5.63 Å². The number of hydrogen-bond acceptors (Lipinski definition) is 5. The Kier molecular flexibility index (Phi) is 5.23. The summed E-state index contributed by atoms with van der Waals surface area (Å²) in [7, 11) is 0. The second-order valence-corrected chi connectivity index (χ2v) is 6.23. The molecule has 1 aliphatic rings. The summed E-state index contributed by atoms with van der Waals surface area (Å²) in [5.41, 5.74) is 0.176. The topological polar surface area (TPSA) is 76.8 Å². The van der Waals surface area contributed by atoms with Gasteiger partial charge in [0.25, 0.3) is 5.91 Å². The molecule has 126 valence electrons. The van der Waals surface area contributed by atoms with Gasteiger partial charge in [-0.05, 0) is 45.1 Å². The number of esters is 1. The maximum absolute atomic E-state index is 12.4. The van der Waals surface area contributed by atoms with Gasteiger partial charge in [0.05, 0.1) is 0 Å². The molecule has 1 fully saturated rings. The van der Waals surface area contributed by atoms with Crippen LogP contribution in [0.25, 0.3) is 0 Å². The zero-order chi connectivity index (χ0) is 17.1. The zero-order valence-corrected chi connectivity index (χ0v) is 14.0. The van der Waals surface area contributed by atoms with Crippen LogP contribution >= 0.6 is 0 Å². The molecule has 6 heteroatoms. The Morgan fingerprint density at radius 1 is 1.30 bits per heavy atom. The molecule has 2 rings (SSSR count). The van der Waals surface area contributed by atoms with E-state index in [-0.39, 0.29) is 17.2 Å². The van der Waals surface area contributed by atoms with Gasteiger partial charge < -0.3 is 14.1 Å². The Morgan fingerprint density at radius 2 is 1.91 bits per heavy atom. The molecule has 0 aromatic carbocycles. The van der Waals surface area contributed by atoms with Crippen LogP contribution in [0.4, 0.5) is 0 Å². The third kappa shape index (κ3) is 4.00. The zero-order valence-electron chi connectivity index (χ0n) is 14.0. The van der Waals surface area contributed by atoms with Gasteiger partial charge in [-0.15, -0.1) is 0 Å². The van der Waals surface area contributed by atoms with Crippen molar-refractivity contribution in [1.82, 2.24) is 4.90 Å². The first-order chi connectivity index (χ1) is 10.8. The van der Waals surface area contributed by atoms with Gasteiger partial charge in [-0.3, -0.25) is 4.79 Å². The van der Waals surface area contributed by atoms with E-state index < -0.39 is 17.7 Å². The van der Waals surface area contributed by atoms with Crippen LogP contribution in [0.2, 0.25) is 0 Å². The summed E-state index contributed by atoms with van der Waals surface area (Å²) in [6.45, 7) is 8.30. The van der Waals surface area contributed by atoms with Crippen LogP contribution in [-0.4, -0.2) is 36.0 Å². The summed E-state index contributed by atoms with van der Waals surface area (Å²) in [4.78, 5) is 37.7. The van der Waals surface area contributed by atoms with Crippen LogP contribution in [0.15, 0.2) is 15.3 Å². The first-order valence-electron chi connectivity index (χ1n) is 7.90. The van der Waals surface area contributed by atoms with E-state index in [2.05, 4.69) is 6.92 Å². The smallest absolute Gasteiger partial charge is 0.342 e. The Morgan fingerprint density at radius 3 is 2.48 bits per heavy atom. The fraction of sp³-hybridized carbons (Fsp3) is 0.588. The Balaban J connectivity index is 2.05. The standard InChI is InChI=1S/C17H23NO5/c1-10-5-7-18(8-6-10)16(20)13(4)23-17(21)15-11(2)9-14(19)22-12(15)3/h9-10,13H,5-8H2,1-4H3. The second kappa shape index (κ2) is 6.98. The van der Waals surface area contributed by atoms with Crippen molar-refractivity contribution in [3.05, 3.63) is 33.4 Å². The number of carbonyl (C=O) groups is 2. The number of likely N-dealkylation sites (tertiary alicyclic amines) is 1. The van der Waals surface area contributed by atoms with Gasteiger partial charge in [0.15, 0.2) is 6.10 Å². The molecule has 1 atom stereocenters. The van der Waals surface area contributed by atoms with E-state index in [0.29, 0.717) is 24.6 Å². The molecule has 0 spiro atoms. The summed E-state index contributed by atoms with van der Waals surface area (Å²) in [5.74, 6) is -0.00575. The molecule has 1 aliphatic heterocycles. The lowest BCUT2D eigenvalue weighted by atomic mass is 9.99.